The van der Waals surface area contributed by atoms with Gasteiger partial charge in [-0.15, -0.1) is 0 Å². The van der Waals surface area contributed by atoms with Crippen molar-refractivity contribution in [3.63, 3.8) is 0 Å². The molecule has 5 nitrogen and oxygen atoms in total. The fourth-order valence-electron chi connectivity index (χ4n) is 2.94. The molecule has 0 aliphatic carbocycles. The van der Waals surface area contributed by atoms with E-state index in [4.69, 9.17) is 18.9 Å². The van der Waals surface area contributed by atoms with Gasteiger partial charge in [0.25, 0.3) is 0 Å². The maximum atomic E-state index is 10.1. The highest BCUT2D eigenvalue weighted by Gasteiger charge is 2.38. The molecule has 2 aliphatic rings. The molecule has 2 aliphatic heterocycles. The summed E-state index contributed by atoms with van der Waals surface area (Å²) in [5.74, 6) is -0.511. The quantitative estimate of drug-likeness (QED) is 0.781. The van der Waals surface area contributed by atoms with Crippen LogP contribution >= 0.6 is 0 Å². The van der Waals surface area contributed by atoms with Crippen LogP contribution in [0.25, 0.3) is 0 Å². The Morgan fingerprint density at radius 3 is 2.76 bits per heavy atom. The predicted octanol–water partition coefficient (Wildman–Crippen LogP) is 2.25. The van der Waals surface area contributed by atoms with Crippen LogP contribution in [0.1, 0.15) is 53.4 Å². The summed E-state index contributed by atoms with van der Waals surface area (Å²) in [5.41, 5.74) is 0. The molecule has 124 valence electrons. The van der Waals surface area contributed by atoms with E-state index in [1.165, 1.54) is 0 Å². The average molecular weight is 302 g/mol. The normalized spacial score (nSPS) is 37.0. The van der Waals surface area contributed by atoms with E-state index in [2.05, 4.69) is 6.92 Å². The van der Waals surface area contributed by atoms with Crippen molar-refractivity contribution in [3.05, 3.63) is 0 Å². The van der Waals surface area contributed by atoms with Crippen LogP contribution in [0.4, 0.5) is 0 Å². The van der Waals surface area contributed by atoms with Crippen molar-refractivity contribution in [3.8, 4) is 0 Å². The number of hydrogen-bond acceptors (Lipinski definition) is 5. The maximum absolute atomic E-state index is 10.1. The molecule has 0 saturated carbocycles. The summed E-state index contributed by atoms with van der Waals surface area (Å²) in [4.78, 5) is 0. The summed E-state index contributed by atoms with van der Waals surface area (Å²) >= 11 is 0. The van der Waals surface area contributed by atoms with Gasteiger partial charge in [0.05, 0.1) is 37.6 Å². The van der Waals surface area contributed by atoms with Gasteiger partial charge in [0, 0.05) is 6.42 Å². The van der Waals surface area contributed by atoms with Crippen LogP contribution in [0.2, 0.25) is 0 Å². The monoisotopic (exact) mass is 302 g/mol. The first-order chi connectivity index (χ1) is 9.91. The van der Waals surface area contributed by atoms with Crippen molar-refractivity contribution < 1.29 is 24.1 Å². The molecule has 21 heavy (non-hydrogen) atoms. The minimum atomic E-state index is -0.511. The second-order valence-corrected chi connectivity index (χ2v) is 6.65. The summed E-state index contributed by atoms with van der Waals surface area (Å²) in [7, 11) is 0. The van der Waals surface area contributed by atoms with E-state index in [0.717, 1.165) is 19.3 Å². The SMILES string of the molecule is CCCCC1OC(C(C)OCC2COC(C)(C)O2)CC1O. The molecule has 0 aromatic rings. The van der Waals surface area contributed by atoms with E-state index >= 15 is 0 Å². The lowest BCUT2D eigenvalue weighted by Crippen LogP contribution is -2.31. The largest absolute Gasteiger partial charge is 0.390 e. The third-order valence-corrected chi connectivity index (χ3v) is 4.23. The molecule has 2 saturated heterocycles. The van der Waals surface area contributed by atoms with Gasteiger partial charge in [-0.2, -0.15) is 0 Å². The molecule has 2 fully saturated rings. The fourth-order valence-corrected chi connectivity index (χ4v) is 2.94. The maximum Gasteiger partial charge on any atom is 0.163 e. The van der Waals surface area contributed by atoms with Gasteiger partial charge in [-0.1, -0.05) is 19.8 Å². The Morgan fingerprint density at radius 1 is 1.38 bits per heavy atom. The predicted molar refractivity (Wildman–Crippen MR) is 79.1 cm³/mol. The third-order valence-electron chi connectivity index (χ3n) is 4.23. The Hall–Kier alpha value is -0.200. The average Bonchev–Trinajstić information content (AvgIpc) is 2.96. The van der Waals surface area contributed by atoms with Crippen molar-refractivity contribution in [1.82, 2.24) is 0 Å². The summed E-state index contributed by atoms with van der Waals surface area (Å²) in [6, 6.07) is 0. The Labute approximate surface area is 127 Å². The molecule has 0 spiro atoms. The van der Waals surface area contributed by atoms with E-state index in [-0.39, 0.29) is 30.5 Å². The number of unbranched alkanes of at least 4 members (excludes halogenated alkanes) is 1. The Bertz CT molecular complexity index is 320. The van der Waals surface area contributed by atoms with Gasteiger partial charge in [-0.25, -0.2) is 0 Å². The first-order valence-electron chi connectivity index (χ1n) is 8.18. The summed E-state index contributed by atoms with van der Waals surface area (Å²) in [6.45, 7) is 9.03. The van der Waals surface area contributed by atoms with E-state index < -0.39 is 5.79 Å². The van der Waals surface area contributed by atoms with E-state index in [0.29, 0.717) is 19.6 Å². The molecule has 0 aromatic heterocycles. The zero-order valence-corrected chi connectivity index (χ0v) is 13.7. The standard InChI is InChI=1S/C16H30O5/c1-5-6-7-14-13(17)8-15(20-14)11(2)18-9-12-10-19-16(3,4)21-12/h11-15,17H,5-10H2,1-4H3. The third kappa shape index (κ3) is 4.89. The summed E-state index contributed by atoms with van der Waals surface area (Å²) in [5, 5.41) is 10.1. The first-order valence-corrected chi connectivity index (χ1v) is 8.18. The second-order valence-electron chi connectivity index (χ2n) is 6.65. The Morgan fingerprint density at radius 2 is 2.14 bits per heavy atom. The minimum Gasteiger partial charge on any atom is -0.390 e. The molecule has 5 unspecified atom stereocenters. The van der Waals surface area contributed by atoms with E-state index in [1.807, 2.05) is 20.8 Å². The van der Waals surface area contributed by atoms with Crippen molar-refractivity contribution in [2.45, 2.75) is 89.7 Å². The van der Waals surface area contributed by atoms with Crippen molar-refractivity contribution in [2.24, 2.45) is 0 Å². The lowest BCUT2D eigenvalue weighted by Gasteiger charge is -2.22. The minimum absolute atomic E-state index is 0.0235. The summed E-state index contributed by atoms with van der Waals surface area (Å²) < 4.78 is 23.0. The fraction of sp³-hybridized carbons (Fsp3) is 1.00. The van der Waals surface area contributed by atoms with Crippen molar-refractivity contribution >= 4 is 0 Å². The molecule has 5 heteroatoms. The van der Waals surface area contributed by atoms with Crippen LogP contribution in [0, 0.1) is 0 Å². The highest BCUT2D eigenvalue weighted by atomic mass is 16.7. The number of aliphatic hydroxyl groups is 1. The number of hydrogen-bond donors (Lipinski definition) is 1. The van der Waals surface area contributed by atoms with Gasteiger partial charge in [0.1, 0.15) is 6.10 Å². The van der Waals surface area contributed by atoms with Gasteiger partial charge in [0.15, 0.2) is 5.79 Å². The van der Waals surface area contributed by atoms with E-state index in [9.17, 15) is 5.11 Å². The zero-order chi connectivity index (χ0) is 15.5. The lowest BCUT2D eigenvalue weighted by atomic mass is 10.0. The molecule has 0 amide bonds. The topological polar surface area (TPSA) is 57.2 Å². The molecule has 2 rings (SSSR count). The molecule has 5 atom stereocenters. The van der Waals surface area contributed by atoms with Crippen molar-refractivity contribution in [2.75, 3.05) is 13.2 Å². The highest BCUT2D eigenvalue weighted by Crippen LogP contribution is 2.28. The lowest BCUT2D eigenvalue weighted by molar-refractivity contribution is -0.151. The van der Waals surface area contributed by atoms with Gasteiger partial charge < -0.3 is 24.1 Å². The smallest absolute Gasteiger partial charge is 0.163 e. The molecule has 0 aromatic carbocycles. The molecular weight excluding hydrogens is 272 g/mol. The van der Waals surface area contributed by atoms with Crippen LogP contribution < -0.4 is 0 Å². The van der Waals surface area contributed by atoms with Gasteiger partial charge >= 0.3 is 0 Å². The molecule has 0 radical (unpaired) electrons. The van der Waals surface area contributed by atoms with Crippen molar-refractivity contribution in [1.29, 1.82) is 0 Å². The number of ether oxygens (including phenoxy) is 4. The van der Waals surface area contributed by atoms with Crippen LogP contribution in [-0.4, -0.2) is 54.6 Å². The van der Waals surface area contributed by atoms with E-state index in [1.54, 1.807) is 0 Å². The first kappa shape index (κ1) is 17.2. The molecular formula is C16H30O5. The van der Waals surface area contributed by atoms with Gasteiger partial charge in [0.2, 0.25) is 0 Å². The molecule has 0 bridgehead atoms. The molecule has 2 heterocycles. The van der Waals surface area contributed by atoms with Crippen LogP contribution in [-0.2, 0) is 18.9 Å². The summed E-state index contributed by atoms with van der Waals surface area (Å²) in [6.07, 6.45) is 3.30. The second kappa shape index (κ2) is 7.38. The number of aliphatic hydroxyl groups excluding tert-OH is 1. The van der Waals surface area contributed by atoms with Crippen LogP contribution in [0.3, 0.4) is 0 Å². The highest BCUT2D eigenvalue weighted by molar-refractivity contribution is 4.85. The Kier molecular flexibility index (Phi) is 6.03. The zero-order valence-electron chi connectivity index (χ0n) is 13.7. The van der Waals surface area contributed by atoms with Gasteiger partial charge in [-0.3, -0.25) is 0 Å². The van der Waals surface area contributed by atoms with Crippen LogP contribution in [0.5, 0.6) is 0 Å². The Balaban J connectivity index is 1.70. The molecule has 1 N–H and O–H groups in total. The van der Waals surface area contributed by atoms with Crippen LogP contribution in [0.15, 0.2) is 0 Å². The van der Waals surface area contributed by atoms with Gasteiger partial charge in [-0.05, 0) is 27.2 Å². The number of rotatable bonds is 7.